The molecule has 1 aromatic rings. The first-order valence-corrected chi connectivity index (χ1v) is 11.5. The lowest BCUT2D eigenvalue weighted by Crippen LogP contribution is -2.48. The summed E-state index contributed by atoms with van der Waals surface area (Å²) in [7, 11) is 0. The van der Waals surface area contributed by atoms with Crippen molar-refractivity contribution < 1.29 is 14.7 Å². The van der Waals surface area contributed by atoms with Gasteiger partial charge in [0.05, 0.1) is 0 Å². The number of phenols is 1. The van der Waals surface area contributed by atoms with E-state index < -0.39 is 6.04 Å². The first-order chi connectivity index (χ1) is 15.1. The highest BCUT2D eigenvalue weighted by Gasteiger charge is 2.20. The number of rotatable bonds is 18. The molecule has 0 bridgehead atoms. The van der Waals surface area contributed by atoms with Crippen LogP contribution in [0.25, 0.3) is 0 Å². The summed E-state index contributed by atoms with van der Waals surface area (Å²) in [5.41, 5.74) is 6.26. The van der Waals surface area contributed by atoms with Gasteiger partial charge in [0.25, 0.3) is 0 Å². The Labute approximate surface area is 186 Å². The quantitative estimate of drug-likeness (QED) is 0.191. The standard InChI is InChI=1S/C23H41N5O3/c1-2-8-22(30)28-21(18-19-9-5-10-20(29)17-19)23(31)27-16-7-15-26-13-4-3-12-25-14-6-11-24/h5,9-10,17,21,25-26,29H,2-4,6-8,11-16,18,24H2,1H3,(H,27,31)(H,28,30)/t21-/m0/s1. The molecular weight excluding hydrogens is 394 g/mol. The molecule has 0 saturated heterocycles. The Balaban J connectivity index is 2.26. The van der Waals surface area contributed by atoms with Gasteiger partial charge in [-0.15, -0.1) is 0 Å². The lowest BCUT2D eigenvalue weighted by molar-refractivity contribution is -0.129. The van der Waals surface area contributed by atoms with E-state index in [0.29, 0.717) is 19.4 Å². The van der Waals surface area contributed by atoms with E-state index in [1.165, 1.54) is 0 Å². The normalized spacial score (nSPS) is 11.8. The van der Waals surface area contributed by atoms with Crippen molar-refractivity contribution in [3.05, 3.63) is 29.8 Å². The van der Waals surface area contributed by atoms with Crippen LogP contribution in [0.4, 0.5) is 0 Å². The molecule has 176 valence electrons. The van der Waals surface area contributed by atoms with Gasteiger partial charge in [-0.25, -0.2) is 0 Å². The van der Waals surface area contributed by atoms with E-state index in [2.05, 4.69) is 21.3 Å². The fourth-order valence-electron chi connectivity index (χ4n) is 3.15. The van der Waals surface area contributed by atoms with Crippen molar-refractivity contribution in [1.29, 1.82) is 0 Å². The number of hydrogen-bond acceptors (Lipinski definition) is 6. The minimum absolute atomic E-state index is 0.137. The maximum Gasteiger partial charge on any atom is 0.242 e. The van der Waals surface area contributed by atoms with Crippen molar-refractivity contribution >= 4 is 11.8 Å². The molecule has 0 saturated carbocycles. The third-order valence-electron chi connectivity index (χ3n) is 4.82. The first-order valence-electron chi connectivity index (χ1n) is 11.5. The predicted molar refractivity (Wildman–Crippen MR) is 125 cm³/mol. The van der Waals surface area contributed by atoms with Crippen LogP contribution in [0.15, 0.2) is 24.3 Å². The molecule has 0 radical (unpaired) electrons. The SMILES string of the molecule is CCCC(=O)N[C@@H](Cc1cccc(O)c1)C(=O)NCCCNCCCCNCCCN. The van der Waals surface area contributed by atoms with Crippen molar-refractivity contribution in [3.63, 3.8) is 0 Å². The Kier molecular flexibility index (Phi) is 15.2. The highest BCUT2D eigenvalue weighted by molar-refractivity contribution is 5.87. The molecule has 0 aromatic heterocycles. The summed E-state index contributed by atoms with van der Waals surface area (Å²) in [6.07, 6.45) is 5.52. The number of hydrogen-bond donors (Lipinski definition) is 6. The van der Waals surface area contributed by atoms with Gasteiger partial charge < -0.3 is 32.1 Å². The molecule has 0 fully saturated rings. The second-order valence-corrected chi connectivity index (χ2v) is 7.74. The third-order valence-corrected chi connectivity index (χ3v) is 4.82. The van der Waals surface area contributed by atoms with Gasteiger partial charge in [-0.2, -0.15) is 0 Å². The number of aromatic hydroxyl groups is 1. The molecule has 0 aliphatic heterocycles. The van der Waals surface area contributed by atoms with E-state index in [0.717, 1.165) is 70.4 Å². The fourth-order valence-corrected chi connectivity index (χ4v) is 3.15. The zero-order valence-electron chi connectivity index (χ0n) is 18.9. The fraction of sp³-hybridized carbons (Fsp3) is 0.652. The van der Waals surface area contributed by atoms with Gasteiger partial charge in [0.15, 0.2) is 0 Å². The summed E-state index contributed by atoms with van der Waals surface area (Å²) < 4.78 is 0. The molecule has 31 heavy (non-hydrogen) atoms. The molecule has 7 N–H and O–H groups in total. The molecule has 0 aliphatic rings. The monoisotopic (exact) mass is 435 g/mol. The molecule has 8 nitrogen and oxygen atoms in total. The number of benzene rings is 1. The highest BCUT2D eigenvalue weighted by atomic mass is 16.3. The minimum Gasteiger partial charge on any atom is -0.508 e. The molecule has 2 amide bonds. The maximum atomic E-state index is 12.6. The number of carbonyl (C=O) groups is 2. The van der Waals surface area contributed by atoms with Crippen LogP contribution in [0.1, 0.15) is 51.0 Å². The Hall–Kier alpha value is -2.16. The number of phenolic OH excluding ortho intramolecular Hbond substituents is 1. The van der Waals surface area contributed by atoms with Crippen molar-refractivity contribution in [1.82, 2.24) is 21.3 Å². The summed E-state index contributed by atoms with van der Waals surface area (Å²) in [4.78, 5) is 24.7. The second-order valence-electron chi connectivity index (χ2n) is 7.74. The van der Waals surface area contributed by atoms with Gasteiger partial charge in [-0.05, 0) is 82.5 Å². The van der Waals surface area contributed by atoms with E-state index in [-0.39, 0.29) is 17.6 Å². The van der Waals surface area contributed by atoms with Gasteiger partial charge >= 0.3 is 0 Å². The molecule has 0 heterocycles. The maximum absolute atomic E-state index is 12.6. The number of nitrogens with one attached hydrogen (secondary N) is 4. The van der Waals surface area contributed by atoms with Gasteiger partial charge in [0.2, 0.25) is 11.8 Å². The van der Waals surface area contributed by atoms with Crippen molar-refractivity contribution in [3.8, 4) is 5.75 Å². The van der Waals surface area contributed by atoms with Gasteiger partial charge in [0.1, 0.15) is 11.8 Å². The smallest absolute Gasteiger partial charge is 0.242 e. The summed E-state index contributed by atoms with van der Waals surface area (Å²) in [5.74, 6) is -0.188. The lowest BCUT2D eigenvalue weighted by atomic mass is 10.0. The average molecular weight is 436 g/mol. The highest BCUT2D eigenvalue weighted by Crippen LogP contribution is 2.13. The van der Waals surface area contributed by atoms with Crippen molar-refractivity contribution in [2.45, 2.75) is 57.9 Å². The minimum atomic E-state index is -0.652. The summed E-state index contributed by atoms with van der Waals surface area (Å²) >= 11 is 0. The van der Waals surface area contributed by atoms with Crippen molar-refractivity contribution in [2.75, 3.05) is 39.3 Å². The Morgan fingerprint density at radius 3 is 2.32 bits per heavy atom. The van der Waals surface area contributed by atoms with Crippen LogP contribution in [-0.4, -0.2) is 62.2 Å². The lowest BCUT2D eigenvalue weighted by Gasteiger charge is -2.19. The van der Waals surface area contributed by atoms with E-state index in [1.54, 1.807) is 18.2 Å². The van der Waals surface area contributed by atoms with Crippen molar-refractivity contribution in [2.24, 2.45) is 5.73 Å². The largest absolute Gasteiger partial charge is 0.508 e. The molecule has 1 aromatic carbocycles. The zero-order chi connectivity index (χ0) is 22.7. The number of nitrogens with two attached hydrogens (primary N) is 1. The van der Waals surface area contributed by atoms with Gasteiger partial charge in [-0.1, -0.05) is 19.1 Å². The van der Waals surface area contributed by atoms with Crippen LogP contribution in [0.2, 0.25) is 0 Å². The van der Waals surface area contributed by atoms with Crippen LogP contribution < -0.4 is 27.0 Å². The van der Waals surface area contributed by atoms with Gasteiger partial charge in [0, 0.05) is 19.4 Å². The molecule has 0 aliphatic carbocycles. The number of amides is 2. The van der Waals surface area contributed by atoms with Gasteiger partial charge in [-0.3, -0.25) is 9.59 Å². The molecule has 8 heteroatoms. The van der Waals surface area contributed by atoms with Crippen LogP contribution >= 0.6 is 0 Å². The third kappa shape index (κ3) is 13.7. The zero-order valence-corrected chi connectivity index (χ0v) is 18.9. The van der Waals surface area contributed by atoms with Crippen LogP contribution in [-0.2, 0) is 16.0 Å². The van der Waals surface area contributed by atoms with E-state index in [1.807, 2.05) is 13.0 Å². The Morgan fingerprint density at radius 2 is 1.68 bits per heavy atom. The summed E-state index contributed by atoms with van der Waals surface area (Å²) in [6, 6.07) is 6.11. The number of unbranched alkanes of at least 4 members (excludes halogenated alkanes) is 1. The van der Waals surface area contributed by atoms with Crippen LogP contribution in [0, 0.1) is 0 Å². The Morgan fingerprint density at radius 1 is 1.00 bits per heavy atom. The predicted octanol–water partition coefficient (Wildman–Crippen LogP) is 1.03. The first kappa shape index (κ1) is 26.9. The van der Waals surface area contributed by atoms with E-state index in [4.69, 9.17) is 5.73 Å². The van der Waals surface area contributed by atoms with E-state index >= 15 is 0 Å². The second kappa shape index (κ2) is 17.5. The van der Waals surface area contributed by atoms with Crippen LogP contribution in [0.5, 0.6) is 5.75 Å². The Bertz CT molecular complexity index is 627. The molecule has 0 unspecified atom stereocenters. The molecule has 0 spiro atoms. The molecular formula is C23H41N5O3. The summed E-state index contributed by atoms with van der Waals surface area (Å²) in [6.45, 7) is 6.99. The van der Waals surface area contributed by atoms with Crippen LogP contribution in [0.3, 0.4) is 0 Å². The topological polar surface area (TPSA) is 129 Å². The van der Waals surface area contributed by atoms with E-state index in [9.17, 15) is 14.7 Å². The average Bonchev–Trinajstić information content (AvgIpc) is 2.74. The summed E-state index contributed by atoms with van der Waals surface area (Å²) in [5, 5.41) is 22.1. The molecule has 1 atom stereocenters. The number of carbonyl (C=O) groups excluding carboxylic acids is 2. The molecule has 1 rings (SSSR count).